The van der Waals surface area contributed by atoms with Crippen LogP contribution in [0, 0.1) is 5.92 Å². The second kappa shape index (κ2) is 10.4. The van der Waals surface area contributed by atoms with Gasteiger partial charge in [-0.1, -0.05) is 55.4 Å². The van der Waals surface area contributed by atoms with Crippen LogP contribution in [0.4, 0.5) is 0 Å². The van der Waals surface area contributed by atoms with Gasteiger partial charge >= 0.3 is 0 Å². The number of rotatable bonds is 7. The van der Waals surface area contributed by atoms with E-state index in [-0.39, 0.29) is 5.91 Å². The van der Waals surface area contributed by atoms with Crippen molar-refractivity contribution in [2.45, 2.75) is 57.3 Å². The Hall–Kier alpha value is -1.86. The monoisotopic (exact) mass is 427 g/mol. The molecule has 30 heavy (non-hydrogen) atoms. The number of thioether (sulfide) groups is 1. The topological polar surface area (TPSA) is 54.3 Å². The molecule has 7 heteroatoms. The van der Waals surface area contributed by atoms with Crippen molar-refractivity contribution in [3.05, 3.63) is 41.7 Å². The first-order chi connectivity index (χ1) is 14.7. The Morgan fingerprint density at radius 3 is 2.60 bits per heavy atom. The average Bonchev–Trinajstić information content (AvgIpc) is 3.14. The summed E-state index contributed by atoms with van der Waals surface area (Å²) in [5.41, 5.74) is 1.23. The van der Waals surface area contributed by atoms with E-state index in [1.54, 1.807) is 0 Å². The van der Waals surface area contributed by atoms with E-state index < -0.39 is 0 Å². The first-order valence-electron chi connectivity index (χ1n) is 11.3. The fourth-order valence-corrected chi connectivity index (χ4v) is 5.28. The number of carbonyl (C=O) groups is 1. The summed E-state index contributed by atoms with van der Waals surface area (Å²) in [5, 5.41) is 9.87. The van der Waals surface area contributed by atoms with Crippen molar-refractivity contribution in [2.75, 3.05) is 31.9 Å². The third-order valence-electron chi connectivity index (χ3n) is 6.13. The van der Waals surface area contributed by atoms with Gasteiger partial charge in [0.15, 0.2) is 5.16 Å². The highest BCUT2D eigenvalue weighted by Gasteiger charge is 2.23. The number of hydrogen-bond donors (Lipinski definition) is 0. The quantitative estimate of drug-likeness (QED) is 0.631. The highest BCUT2D eigenvalue weighted by Crippen LogP contribution is 2.23. The summed E-state index contributed by atoms with van der Waals surface area (Å²) in [6.07, 6.45) is 6.18. The molecule has 2 aliphatic rings. The van der Waals surface area contributed by atoms with Crippen LogP contribution in [0.1, 0.15) is 50.4 Å². The summed E-state index contributed by atoms with van der Waals surface area (Å²) in [6.45, 7) is 7.85. The van der Waals surface area contributed by atoms with Gasteiger partial charge in [0.25, 0.3) is 0 Å². The highest BCUT2D eigenvalue weighted by atomic mass is 32.2. The Kier molecular flexibility index (Phi) is 7.44. The summed E-state index contributed by atoms with van der Waals surface area (Å²) < 4.78 is 2.21. The standard InChI is InChI=1S/C23H33N5OS/c1-19-9-8-14-27(15-19)22(29)18-30-23-25-24-21(17-26-12-6-3-7-13-26)28(23)16-20-10-4-2-5-11-20/h2,4-5,10-11,19H,3,6-9,12-18H2,1H3. The van der Waals surface area contributed by atoms with Gasteiger partial charge in [0.1, 0.15) is 5.82 Å². The molecule has 3 heterocycles. The van der Waals surface area contributed by atoms with E-state index in [1.807, 2.05) is 11.0 Å². The third kappa shape index (κ3) is 5.64. The molecule has 1 unspecified atom stereocenters. The molecule has 2 aromatic rings. The summed E-state index contributed by atoms with van der Waals surface area (Å²) >= 11 is 1.53. The predicted molar refractivity (Wildman–Crippen MR) is 120 cm³/mol. The van der Waals surface area contributed by atoms with E-state index in [1.165, 1.54) is 43.0 Å². The van der Waals surface area contributed by atoms with Crippen LogP contribution in [-0.2, 0) is 17.9 Å². The second-order valence-electron chi connectivity index (χ2n) is 8.68. The Morgan fingerprint density at radius 1 is 1.03 bits per heavy atom. The molecule has 0 saturated carbocycles. The molecule has 4 rings (SSSR count). The number of likely N-dealkylation sites (tertiary alicyclic amines) is 2. The summed E-state index contributed by atoms with van der Waals surface area (Å²) in [6, 6.07) is 10.5. The van der Waals surface area contributed by atoms with Crippen molar-refractivity contribution < 1.29 is 4.79 Å². The Balaban J connectivity index is 1.46. The smallest absolute Gasteiger partial charge is 0.233 e. The first kappa shape index (κ1) is 21.4. The van der Waals surface area contributed by atoms with E-state index in [0.717, 1.165) is 56.7 Å². The van der Waals surface area contributed by atoms with Gasteiger partial charge in [-0.05, 0) is 50.3 Å². The molecule has 0 radical (unpaired) electrons. The van der Waals surface area contributed by atoms with Gasteiger partial charge in [-0.3, -0.25) is 9.69 Å². The fourth-order valence-electron chi connectivity index (χ4n) is 4.42. The van der Waals surface area contributed by atoms with Crippen LogP contribution in [0.15, 0.2) is 35.5 Å². The number of hydrogen-bond acceptors (Lipinski definition) is 5. The van der Waals surface area contributed by atoms with Crippen molar-refractivity contribution in [3.8, 4) is 0 Å². The normalized spacial score (nSPS) is 20.4. The zero-order valence-corrected chi connectivity index (χ0v) is 18.8. The minimum absolute atomic E-state index is 0.221. The highest BCUT2D eigenvalue weighted by molar-refractivity contribution is 7.99. The van der Waals surface area contributed by atoms with E-state index >= 15 is 0 Å². The lowest BCUT2D eigenvalue weighted by Gasteiger charge is -2.30. The van der Waals surface area contributed by atoms with E-state index in [4.69, 9.17) is 0 Å². The molecule has 2 aliphatic heterocycles. The fraction of sp³-hybridized carbons (Fsp3) is 0.609. The third-order valence-corrected chi connectivity index (χ3v) is 7.08. The van der Waals surface area contributed by atoms with Crippen LogP contribution in [0.3, 0.4) is 0 Å². The molecule has 1 aromatic heterocycles. The van der Waals surface area contributed by atoms with E-state index in [9.17, 15) is 4.79 Å². The summed E-state index contributed by atoms with van der Waals surface area (Å²) in [7, 11) is 0. The molecule has 2 saturated heterocycles. The second-order valence-corrected chi connectivity index (χ2v) is 9.63. The molecule has 0 bridgehead atoms. The van der Waals surface area contributed by atoms with Crippen molar-refractivity contribution in [1.82, 2.24) is 24.6 Å². The number of nitrogens with zero attached hydrogens (tertiary/aromatic N) is 5. The van der Waals surface area contributed by atoms with Crippen LogP contribution in [0.25, 0.3) is 0 Å². The molecule has 1 amide bonds. The lowest BCUT2D eigenvalue weighted by atomic mass is 10.0. The summed E-state index contributed by atoms with van der Waals surface area (Å²) in [5.74, 6) is 2.26. The molecular weight excluding hydrogens is 394 g/mol. The number of aromatic nitrogens is 3. The van der Waals surface area contributed by atoms with Crippen molar-refractivity contribution in [1.29, 1.82) is 0 Å². The largest absolute Gasteiger partial charge is 0.342 e. The molecule has 6 nitrogen and oxygen atoms in total. The van der Waals surface area contributed by atoms with Crippen LogP contribution in [-0.4, -0.2) is 62.4 Å². The van der Waals surface area contributed by atoms with Gasteiger partial charge in [-0.15, -0.1) is 10.2 Å². The zero-order valence-electron chi connectivity index (χ0n) is 18.0. The van der Waals surface area contributed by atoms with Gasteiger partial charge in [0.2, 0.25) is 5.91 Å². The van der Waals surface area contributed by atoms with Crippen LogP contribution >= 0.6 is 11.8 Å². The minimum Gasteiger partial charge on any atom is -0.342 e. The molecule has 2 fully saturated rings. The maximum Gasteiger partial charge on any atom is 0.233 e. The van der Waals surface area contributed by atoms with Crippen molar-refractivity contribution in [2.24, 2.45) is 5.92 Å². The molecular formula is C23H33N5OS. The van der Waals surface area contributed by atoms with Gasteiger partial charge in [0, 0.05) is 13.1 Å². The minimum atomic E-state index is 0.221. The molecule has 1 atom stereocenters. The van der Waals surface area contributed by atoms with Gasteiger partial charge in [-0.2, -0.15) is 0 Å². The molecule has 1 aromatic carbocycles. The maximum absolute atomic E-state index is 12.7. The molecule has 0 aliphatic carbocycles. The van der Waals surface area contributed by atoms with Crippen molar-refractivity contribution in [3.63, 3.8) is 0 Å². The van der Waals surface area contributed by atoms with Crippen LogP contribution in [0.2, 0.25) is 0 Å². The van der Waals surface area contributed by atoms with Crippen molar-refractivity contribution >= 4 is 17.7 Å². The molecule has 162 valence electrons. The van der Waals surface area contributed by atoms with Crippen LogP contribution in [0.5, 0.6) is 0 Å². The molecule has 0 N–H and O–H groups in total. The Morgan fingerprint density at radius 2 is 1.83 bits per heavy atom. The first-order valence-corrected chi connectivity index (χ1v) is 12.3. The number of piperidine rings is 2. The molecule has 0 spiro atoms. The van der Waals surface area contributed by atoms with Crippen LogP contribution < -0.4 is 0 Å². The van der Waals surface area contributed by atoms with Gasteiger partial charge in [-0.25, -0.2) is 0 Å². The zero-order chi connectivity index (χ0) is 20.8. The predicted octanol–water partition coefficient (Wildman–Crippen LogP) is 3.66. The lowest BCUT2D eigenvalue weighted by molar-refractivity contribution is -0.130. The number of carbonyl (C=O) groups excluding carboxylic acids is 1. The number of benzene rings is 1. The van der Waals surface area contributed by atoms with Gasteiger partial charge < -0.3 is 9.47 Å². The summed E-state index contributed by atoms with van der Waals surface area (Å²) in [4.78, 5) is 17.2. The van der Waals surface area contributed by atoms with E-state index in [0.29, 0.717) is 11.7 Å². The average molecular weight is 428 g/mol. The Labute approximate surface area is 184 Å². The van der Waals surface area contributed by atoms with Gasteiger partial charge in [0.05, 0.1) is 18.8 Å². The Bertz CT molecular complexity index is 818. The van der Waals surface area contributed by atoms with E-state index in [2.05, 4.69) is 50.9 Å². The maximum atomic E-state index is 12.7. The lowest BCUT2D eigenvalue weighted by Crippen LogP contribution is -2.40. The number of amides is 1. The SMILES string of the molecule is CC1CCCN(C(=O)CSc2nnc(CN3CCCCC3)n2Cc2ccccc2)C1.